The number of amides is 2. The molecule has 6 nitrogen and oxygen atoms in total. The smallest absolute Gasteiger partial charge is 0.410 e. The maximum Gasteiger partial charge on any atom is 0.410 e. The van der Waals surface area contributed by atoms with Crippen LogP contribution in [0.4, 0.5) is 4.79 Å². The van der Waals surface area contributed by atoms with Crippen molar-refractivity contribution >= 4 is 44.3 Å². The summed E-state index contributed by atoms with van der Waals surface area (Å²) in [5.41, 5.74) is 0.425. The highest BCUT2D eigenvalue weighted by atomic mass is 127. The topological polar surface area (TPSA) is 76.0 Å². The Labute approximate surface area is 156 Å². The number of halogens is 1. The SMILES string of the molecule is CCCC(I)OC(=O)N1CCS(=O)(=NC(=O)c2ccccc2)CC1. The van der Waals surface area contributed by atoms with Crippen molar-refractivity contribution in [3.63, 3.8) is 0 Å². The van der Waals surface area contributed by atoms with Crippen molar-refractivity contribution in [1.82, 2.24) is 4.90 Å². The van der Waals surface area contributed by atoms with Crippen molar-refractivity contribution in [3.05, 3.63) is 35.9 Å². The first-order valence-corrected chi connectivity index (χ1v) is 10.9. The number of benzene rings is 1. The van der Waals surface area contributed by atoms with Gasteiger partial charge in [-0.15, -0.1) is 0 Å². The minimum atomic E-state index is -2.62. The lowest BCUT2D eigenvalue weighted by Crippen LogP contribution is -2.44. The van der Waals surface area contributed by atoms with Gasteiger partial charge in [-0.05, 0) is 41.1 Å². The molecule has 8 heteroatoms. The molecule has 1 unspecified atom stereocenters. The van der Waals surface area contributed by atoms with Gasteiger partial charge in [0.1, 0.15) is 0 Å². The Morgan fingerprint density at radius 2 is 1.92 bits per heavy atom. The van der Waals surface area contributed by atoms with Crippen LogP contribution in [-0.2, 0) is 14.5 Å². The highest BCUT2D eigenvalue weighted by molar-refractivity contribution is 14.1. The van der Waals surface area contributed by atoms with Crippen LogP contribution in [0.3, 0.4) is 0 Å². The number of ether oxygens (including phenoxy) is 1. The molecule has 0 aromatic heterocycles. The predicted octanol–water partition coefficient (Wildman–Crippen LogP) is 3.31. The maximum absolute atomic E-state index is 12.7. The summed E-state index contributed by atoms with van der Waals surface area (Å²) >= 11 is 2.09. The highest BCUT2D eigenvalue weighted by Crippen LogP contribution is 2.15. The van der Waals surface area contributed by atoms with E-state index in [1.807, 2.05) is 6.92 Å². The molecule has 1 aromatic rings. The standard InChI is InChI=1S/C16H21IN2O4S/c1-2-6-14(17)23-16(21)19-9-11-24(22,12-10-19)18-15(20)13-7-4-3-5-8-13/h3-5,7-8,14H,2,6,9-12H2,1H3. The number of hydrogen-bond acceptors (Lipinski definition) is 4. The number of rotatable bonds is 4. The monoisotopic (exact) mass is 464 g/mol. The molecule has 2 rings (SSSR count). The molecule has 132 valence electrons. The fourth-order valence-electron chi connectivity index (χ4n) is 2.25. The van der Waals surface area contributed by atoms with Crippen molar-refractivity contribution in [2.75, 3.05) is 24.6 Å². The number of carbonyl (C=O) groups excluding carboxylic acids is 2. The van der Waals surface area contributed by atoms with Gasteiger partial charge in [0.15, 0.2) is 4.11 Å². The largest absolute Gasteiger partial charge is 0.435 e. The van der Waals surface area contributed by atoms with Crippen LogP contribution in [0.5, 0.6) is 0 Å². The van der Waals surface area contributed by atoms with Gasteiger partial charge in [-0.1, -0.05) is 31.5 Å². The molecule has 1 aliphatic heterocycles. The van der Waals surface area contributed by atoms with Gasteiger partial charge in [0.05, 0.1) is 21.2 Å². The highest BCUT2D eigenvalue weighted by Gasteiger charge is 2.27. The van der Waals surface area contributed by atoms with E-state index >= 15 is 0 Å². The van der Waals surface area contributed by atoms with Gasteiger partial charge in [-0.3, -0.25) is 4.79 Å². The van der Waals surface area contributed by atoms with E-state index in [0.717, 1.165) is 12.8 Å². The molecule has 2 amide bonds. The minimum Gasteiger partial charge on any atom is -0.435 e. The third-order valence-corrected chi connectivity index (χ3v) is 6.65. The van der Waals surface area contributed by atoms with Crippen LogP contribution >= 0.6 is 22.6 Å². The third-order valence-electron chi connectivity index (χ3n) is 3.63. The molecule has 24 heavy (non-hydrogen) atoms. The van der Waals surface area contributed by atoms with Crippen LogP contribution in [0, 0.1) is 0 Å². The number of nitrogens with zero attached hydrogens (tertiary/aromatic N) is 2. The molecular formula is C16H21IN2O4S. The molecule has 0 saturated carbocycles. The Bertz CT molecular complexity index is 687. The second kappa shape index (κ2) is 8.80. The zero-order valence-corrected chi connectivity index (χ0v) is 16.5. The lowest BCUT2D eigenvalue weighted by Gasteiger charge is -2.28. The maximum atomic E-state index is 12.7. The Balaban J connectivity index is 1.96. The Morgan fingerprint density at radius 3 is 2.50 bits per heavy atom. The molecule has 0 aliphatic carbocycles. The summed E-state index contributed by atoms with van der Waals surface area (Å²) in [6.07, 6.45) is 1.35. The van der Waals surface area contributed by atoms with E-state index < -0.39 is 21.7 Å². The Morgan fingerprint density at radius 1 is 1.29 bits per heavy atom. The molecule has 0 radical (unpaired) electrons. The molecule has 1 atom stereocenters. The van der Waals surface area contributed by atoms with Crippen LogP contribution in [0.15, 0.2) is 34.7 Å². The summed E-state index contributed by atoms with van der Waals surface area (Å²) in [5, 5.41) is 0. The lowest BCUT2D eigenvalue weighted by atomic mass is 10.2. The summed E-state index contributed by atoms with van der Waals surface area (Å²) in [6.45, 7) is 2.61. The number of alkyl halides is 1. The first-order valence-electron chi connectivity index (χ1n) is 7.85. The molecule has 1 aliphatic rings. The van der Waals surface area contributed by atoms with Crippen molar-refractivity contribution in [2.24, 2.45) is 4.36 Å². The van der Waals surface area contributed by atoms with E-state index in [0.29, 0.717) is 18.7 Å². The first kappa shape index (κ1) is 19.2. The predicted molar refractivity (Wildman–Crippen MR) is 102 cm³/mol. The molecule has 0 spiro atoms. The molecule has 0 N–H and O–H groups in total. The van der Waals surface area contributed by atoms with E-state index in [2.05, 4.69) is 27.0 Å². The van der Waals surface area contributed by atoms with E-state index in [1.54, 1.807) is 30.3 Å². The van der Waals surface area contributed by atoms with Crippen molar-refractivity contribution in [3.8, 4) is 0 Å². The van der Waals surface area contributed by atoms with Crippen LogP contribution < -0.4 is 0 Å². The third kappa shape index (κ3) is 5.44. The average Bonchev–Trinajstić information content (AvgIpc) is 2.56. The van der Waals surface area contributed by atoms with Gasteiger partial charge in [0.2, 0.25) is 0 Å². The van der Waals surface area contributed by atoms with Gasteiger partial charge in [0, 0.05) is 18.7 Å². The van der Waals surface area contributed by atoms with Crippen LogP contribution in [-0.4, -0.2) is 49.8 Å². The summed E-state index contributed by atoms with van der Waals surface area (Å²) < 4.78 is 21.8. The van der Waals surface area contributed by atoms with Gasteiger partial charge in [-0.2, -0.15) is 4.36 Å². The summed E-state index contributed by atoms with van der Waals surface area (Å²) in [7, 11) is -2.62. The van der Waals surface area contributed by atoms with E-state index in [1.165, 1.54) is 4.90 Å². The van der Waals surface area contributed by atoms with Gasteiger partial charge < -0.3 is 9.64 Å². The van der Waals surface area contributed by atoms with Gasteiger partial charge >= 0.3 is 6.09 Å². The van der Waals surface area contributed by atoms with Gasteiger partial charge in [-0.25, -0.2) is 9.00 Å². The van der Waals surface area contributed by atoms with Crippen LogP contribution in [0.1, 0.15) is 30.1 Å². The summed E-state index contributed by atoms with van der Waals surface area (Å²) in [6, 6.07) is 8.58. The zero-order chi connectivity index (χ0) is 17.6. The molecule has 1 saturated heterocycles. The molecule has 1 aromatic carbocycles. The zero-order valence-electron chi connectivity index (χ0n) is 13.5. The molecular weight excluding hydrogens is 443 g/mol. The van der Waals surface area contributed by atoms with E-state index in [4.69, 9.17) is 4.74 Å². The quantitative estimate of drug-likeness (QED) is 0.506. The minimum absolute atomic E-state index is 0.157. The summed E-state index contributed by atoms with van der Waals surface area (Å²) in [5.74, 6) is -0.0762. The number of hydrogen-bond donors (Lipinski definition) is 0. The van der Waals surface area contributed by atoms with Gasteiger partial charge in [0.25, 0.3) is 5.91 Å². The van der Waals surface area contributed by atoms with Crippen LogP contribution in [0.25, 0.3) is 0 Å². The fourth-order valence-corrected chi connectivity index (χ4v) is 4.89. The Hall–Kier alpha value is -1.16. The normalized spacial score (nSPS) is 17.8. The van der Waals surface area contributed by atoms with Crippen LogP contribution in [0.2, 0.25) is 0 Å². The Kier molecular flexibility index (Phi) is 7.02. The lowest BCUT2D eigenvalue weighted by molar-refractivity contribution is 0.0983. The van der Waals surface area contributed by atoms with Crippen molar-refractivity contribution < 1.29 is 18.5 Å². The second-order valence-electron chi connectivity index (χ2n) is 5.51. The van der Waals surface area contributed by atoms with Crippen molar-refractivity contribution in [1.29, 1.82) is 0 Å². The molecule has 1 fully saturated rings. The van der Waals surface area contributed by atoms with Crippen molar-refractivity contribution in [2.45, 2.75) is 23.9 Å². The molecule has 1 heterocycles. The number of carbonyl (C=O) groups is 2. The van der Waals surface area contributed by atoms with E-state index in [-0.39, 0.29) is 15.6 Å². The molecule has 0 bridgehead atoms. The van der Waals surface area contributed by atoms with E-state index in [9.17, 15) is 13.8 Å². The second-order valence-corrected chi connectivity index (χ2v) is 9.45. The summed E-state index contributed by atoms with van der Waals surface area (Å²) in [4.78, 5) is 25.7. The first-order chi connectivity index (χ1) is 11.4. The average molecular weight is 464 g/mol. The fraction of sp³-hybridized carbons (Fsp3) is 0.500.